The van der Waals surface area contributed by atoms with Crippen LogP contribution in [0.4, 0.5) is 4.39 Å². The summed E-state index contributed by atoms with van der Waals surface area (Å²) in [5.41, 5.74) is 2.79. The van der Waals surface area contributed by atoms with E-state index in [1.165, 1.54) is 12.1 Å². The third kappa shape index (κ3) is 4.25. The van der Waals surface area contributed by atoms with Crippen molar-refractivity contribution in [3.05, 3.63) is 71.0 Å². The zero-order valence-electron chi connectivity index (χ0n) is 17.7. The predicted octanol–water partition coefficient (Wildman–Crippen LogP) is 4.62. The number of piperazine rings is 1. The van der Waals surface area contributed by atoms with Gasteiger partial charge in [0.1, 0.15) is 18.4 Å². The highest BCUT2D eigenvalue weighted by molar-refractivity contribution is 5.95. The summed E-state index contributed by atoms with van der Waals surface area (Å²) in [5, 5.41) is 0. The molecule has 2 aliphatic rings. The Morgan fingerprint density at radius 1 is 0.933 bits per heavy atom. The number of hydrogen-bond donors (Lipinski definition) is 0. The molecule has 1 aliphatic carbocycles. The summed E-state index contributed by atoms with van der Waals surface area (Å²) in [6.07, 6.45) is 4.04. The largest absolute Gasteiger partial charge is 0.328 e. The molecule has 1 saturated carbocycles. The average molecular weight is 409 g/mol. The molecule has 4 nitrogen and oxygen atoms in total. The Balaban J connectivity index is 1.65. The van der Waals surface area contributed by atoms with Gasteiger partial charge >= 0.3 is 0 Å². The van der Waals surface area contributed by atoms with Gasteiger partial charge < -0.3 is 9.80 Å². The van der Waals surface area contributed by atoms with Crippen LogP contribution in [0.2, 0.25) is 0 Å². The molecule has 1 heterocycles. The number of amides is 2. The number of rotatable bonds is 4. The van der Waals surface area contributed by atoms with Gasteiger partial charge in [-0.25, -0.2) is 4.39 Å². The second-order valence-electron chi connectivity index (χ2n) is 8.84. The van der Waals surface area contributed by atoms with Crippen LogP contribution >= 0.6 is 0 Å². The zero-order valence-corrected chi connectivity index (χ0v) is 17.7. The Morgan fingerprint density at radius 2 is 1.57 bits per heavy atom. The molecule has 30 heavy (non-hydrogen) atoms. The predicted molar refractivity (Wildman–Crippen MR) is 114 cm³/mol. The molecule has 0 aromatic heterocycles. The van der Waals surface area contributed by atoms with Crippen LogP contribution in [-0.2, 0) is 16.1 Å². The van der Waals surface area contributed by atoms with Crippen LogP contribution in [0.1, 0.15) is 55.3 Å². The maximum atomic E-state index is 13.6. The van der Waals surface area contributed by atoms with Crippen molar-refractivity contribution >= 4 is 11.8 Å². The van der Waals surface area contributed by atoms with Crippen LogP contribution < -0.4 is 0 Å². The first kappa shape index (κ1) is 20.6. The van der Waals surface area contributed by atoms with Crippen molar-refractivity contribution in [2.24, 2.45) is 5.92 Å². The molecule has 0 unspecified atom stereocenters. The van der Waals surface area contributed by atoms with Crippen LogP contribution in [0.3, 0.4) is 0 Å². The number of hydrogen-bond acceptors (Lipinski definition) is 2. The molecule has 5 heteroatoms. The fourth-order valence-electron chi connectivity index (χ4n) is 4.65. The molecule has 0 radical (unpaired) electrons. The normalized spacial score (nSPS) is 25.0. The Hall–Kier alpha value is -2.69. The van der Waals surface area contributed by atoms with E-state index in [4.69, 9.17) is 0 Å². The molecule has 1 atom stereocenters. The third-order valence-corrected chi connectivity index (χ3v) is 6.54. The Morgan fingerprint density at radius 3 is 2.20 bits per heavy atom. The molecule has 1 saturated heterocycles. The Labute approximate surface area is 177 Å². The van der Waals surface area contributed by atoms with E-state index < -0.39 is 6.04 Å². The molecule has 2 fully saturated rings. The van der Waals surface area contributed by atoms with E-state index in [0.717, 1.165) is 36.8 Å². The quantitative estimate of drug-likeness (QED) is 0.740. The van der Waals surface area contributed by atoms with E-state index in [2.05, 4.69) is 6.92 Å². The van der Waals surface area contributed by atoms with Crippen LogP contribution in [0.15, 0.2) is 48.5 Å². The standard InChI is InChI=1S/C25H29FN2O2/c1-17-3-7-19(8-4-17)15-28-23(29)16-27(22-13-5-18(2)6-14-22)25(30)24(28)20-9-11-21(26)12-10-20/h3-4,7-12,18,22,24H,5-6,13-16H2,1-2H3/t18?,22?,24-/m1/s1. The first-order valence-corrected chi connectivity index (χ1v) is 10.8. The molecule has 1 aliphatic heterocycles. The highest BCUT2D eigenvalue weighted by Crippen LogP contribution is 2.34. The summed E-state index contributed by atoms with van der Waals surface area (Å²) in [5.74, 6) is 0.218. The van der Waals surface area contributed by atoms with E-state index in [1.807, 2.05) is 31.2 Å². The summed E-state index contributed by atoms with van der Waals surface area (Å²) in [6.45, 7) is 4.75. The smallest absolute Gasteiger partial charge is 0.250 e. The zero-order chi connectivity index (χ0) is 21.3. The minimum Gasteiger partial charge on any atom is -0.328 e. The van der Waals surface area contributed by atoms with E-state index >= 15 is 0 Å². The van der Waals surface area contributed by atoms with Gasteiger partial charge in [-0.15, -0.1) is 0 Å². The van der Waals surface area contributed by atoms with Crippen LogP contribution in [0.5, 0.6) is 0 Å². The van der Waals surface area contributed by atoms with Gasteiger partial charge in [0.25, 0.3) is 5.91 Å². The topological polar surface area (TPSA) is 40.6 Å². The second-order valence-corrected chi connectivity index (χ2v) is 8.84. The lowest BCUT2D eigenvalue weighted by atomic mass is 9.85. The molecular weight excluding hydrogens is 379 g/mol. The van der Waals surface area contributed by atoms with E-state index in [0.29, 0.717) is 18.0 Å². The summed E-state index contributed by atoms with van der Waals surface area (Å²) in [4.78, 5) is 30.3. The third-order valence-electron chi connectivity index (χ3n) is 6.54. The van der Waals surface area contributed by atoms with E-state index in [-0.39, 0.29) is 30.2 Å². The van der Waals surface area contributed by atoms with Gasteiger partial charge in [0, 0.05) is 12.6 Å². The molecular formula is C25H29FN2O2. The monoisotopic (exact) mass is 408 g/mol. The van der Waals surface area contributed by atoms with Crippen LogP contribution in [0.25, 0.3) is 0 Å². The highest BCUT2D eigenvalue weighted by Gasteiger charge is 2.43. The molecule has 0 N–H and O–H groups in total. The van der Waals surface area contributed by atoms with Crippen molar-refractivity contribution in [3.63, 3.8) is 0 Å². The number of nitrogens with zero attached hydrogens (tertiary/aromatic N) is 2. The SMILES string of the molecule is Cc1ccc(CN2C(=O)CN(C3CCC(C)CC3)C(=O)[C@H]2c2ccc(F)cc2)cc1. The van der Waals surface area contributed by atoms with Gasteiger partial charge in [-0.1, -0.05) is 48.9 Å². The fourth-order valence-corrected chi connectivity index (χ4v) is 4.65. The number of carbonyl (C=O) groups is 2. The van der Waals surface area contributed by atoms with Crippen molar-refractivity contribution in [3.8, 4) is 0 Å². The first-order valence-electron chi connectivity index (χ1n) is 10.8. The minimum atomic E-state index is -0.715. The number of halogens is 1. The maximum Gasteiger partial charge on any atom is 0.250 e. The lowest BCUT2D eigenvalue weighted by Gasteiger charge is -2.45. The first-order chi connectivity index (χ1) is 14.4. The number of benzene rings is 2. The summed E-state index contributed by atoms with van der Waals surface area (Å²) in [6, 6.07) is 13.4. The lowest BCUT2D eigenvalue weighted by molar-refractivity contribution is -0.160. The van der Waals surface area contributed by atoms with Gasteiger partial charge in [0.15, 0.2) is 0 Å². The summed E-state index contributed by atoms with van der Waals surface area (Å²) >= 11 is 0. The van der Waals surface area contributed by atoms with Crippen molar-refractivity contribution < 1.29 is 14.0 Å². The maximum absolute atomic E-state index is 13.6. The highest BCUT2D eigenvalue weighted by atomic mass is 19.1. The van der Waals surface area contributed by atoms with Gasteiger partial charge in [-0.05, 0) is 61.8 Å². The van der Waals surface area contributed by atoms with E-state index in [9.17, 15) is 14.0 Å². The molecule has 2 aromatic rings. The van der Waals surface area contributed by atoms with Gasteiger partial charge in [0.05, 0.1) is 0 Å². The van der Waals surface area contributed by atoms with Crippen molar-refractivity contribution in [2.75, 3.05) is 6.54 Å². The van der Waals surface area contributed by atoms with Crippen LogP contribution in [0, 0.1) is 18.7 Å². The van der Waals surface area contributed by atoms with Crippen molar-refractivity contribution in [1.82, 2.24) is 9.80 Å². The fraction of sp³-hybridized carbons (Fsp3) is 0.440. The molecule has 2 aromatic carbocycles. The summed E-state index contributed by atoms with van der Waals surface area (Å²) < 4.78 is 13.5. The molecule has 0 spiro atoms. The minimum absolute atomic E-state index is 0.0483. The van der Waals surface area contributed by atoms with E-state index in [1.54, 1.807) is 21.9 Å². The molecule has 158 valence electrons. The Bertz CT molecular complexity index is 902. The van der Waals surface area contributed by atoms with Crippen molar-refractivity contribution in [1.29, 1.82) is 0 Å². The Kier molecular flexibility index (Phi) is 5.89. The second kappa shape index (κ2) is 8.58. The molecule has 4 rings (SSSR count). The number of carbonyl (C=O) groups excluding carboxylic acids is 2. The lowest BCUT2D eigenvalue weighted by Crippen LogP contribution is -2.58. The van der Waals surface area contributed by atoms with Gasteiger partial charge in [0.2, 0.25) is 5.91 Å². The van der Waals surface area contributed by atoms with Crippen LogP contribution in [-0.4, -0.2) is 34.2 Å². The summed E-state index contributed by atoms with van der Waals surface area (Å²) in [7, 11) is 0. The molecule has 0 bridgehead atoms. The van der Waals surface area contributed by atoms with Crippen molar-refractivity contribution in [2.45, 2.75) is 58.2 Å². The average Bonchev–Trinajstić information content (AvgIpc) is 2.74. The number of aryl methyl sites for hydroxylation is 1. The molecule has 2 amide bonds. The van der Waals surface area contributed by atoms with Gasteiger partial charge in [-0.2, -0.15) is 0 Å². The van der Waals surface area contributed by atoms with Gasteiger partial charge in [-0.3, -0.25) is 9.59 Å².